The van der Waals surface area contributed by atoms with E-state index in [4.69, 9.17) is 71.1 Å². The average Bonchev–Trinajstić information content (AvgIpc) is 1.76. The summed E-state index contributed by atoms with van der Waals surface area (Å²) in [6, 6.07) is 0. The molecule has 38 atom stereocenters. The lowest BCUT2D eigenvalue weighted by atomic mass is 9.93. The molecule has 0 aromatic carbocycles. The first kappa shape index (κ1) is 75.1. The zero-order valence-corrected chi connectivity index (χ0v) is 47.3. The molecule has 91 heavy (non-hydrogen) atoms. The van der Waals surface area contributed by atoms with Gasteiger partial charge in [0.2, 0.25) is 35.7 Å². The van der Waals surface area contributed by atoms with Gasteiger partial charge in [0.1, 0.15) is 184 Å². The molecule has 532 valence electrons. The Bertz CT molecular complexity index is 2270. The summed E-state index contributed by atoms with van der Waals surface area (Å²) in [6.45, 7) is -12.2. The van der Waals surface area contributed by atoms with E-state index < -0.39 is 298 Å². The second-order valence-corrected chi connectivity index (χ2v) is 23.0. The van der Waals surface area contributed by atoms with E-state index in [1.54, 1.807) is 0 Å². The summed E-state index contributed by atoms with van der Waals surface area (Å²) in [5.41, 5.74) is 0. The third kappa shape index (κ3) is 14.4. The van der Waals surface area contributed by atoms with Gasteiger partial charge < -0.3 is 214 Å². The summed E-state index contributed by atoms with van der Waals surface area (Å²) < 4.78 is 83.2. The van der Waals surface area contributed by atoms with Crippen molar-refractivity contribution in [2.24, 2.45) is 0 Å². The molecule has 0 spiro atoms. The smallest absolute Gasteiger partial charge is 0.247 e. The minimum absolute atomic E-state index is 0.978. The van der Waals surface area contributed by atoms with Crippen LogP contribution in [0.5, 0.6) is 0 Å². The fourth-order valence-corrected chi connectivity index (χ4v) is 11.3. The molecule has 28 N–H and O–H groups in total. The first-order chi connectivity index (χ1) is 42.7. The van der Waals surface area contributed by atoms with Gasteiger partial charge in [-0.3, -0.25) is 0 Å². The van der Waals surface area contributed by atoms with E-state index in [-0.39, 0.29) is 0 Å². The van der Waals surface area contributed by atoms with Crippen molar-refractivity contribution >= 4 is 0 Å². The third-order valence-electron chi connectivity index (χ3n) is 17.0. The Morgan fingerprint density at radius 1 is 0.385 bits per heavy atom. The Morgan fingerprint density at radius 2 is 0.758 bits per heavy atom. The van der Waals surface area contributed by atoms with E-state index in [0.717, 1.165) is 0 Å². The highest BCUT2D eigenvalue weighted by Gasteiger charge is 2.65. The predicted molar refractivity (Wildman–Crippen MR) is 267 cm³/mol. The molecule has 0 amide bonds. The van der Waals surface area contributed by atoms with Crippen LogP contribution in [-0.2, 0) is 71.1 Å². The highest BCUT2D eigenvalue weighted by atomic mass is 16.8. The van der Waals surface area contributed by atoms with Crippen LogP contribution in [0.2, 0.25) is 0 Å². The summed E-state index contributed by atoms with van der Waals surface area (Å²) in [4.78, 5) is 0. The van der Waals surface area contributed by atoms with Crippen molar-refractivity contribution in [3.05, 3.63) is 0 Å². The quantitative estimate of drug-likeness (QED) is 0.0422. The molecule has 8 saturated heterocycles. The minimum atomic E-state index is -3.83. The monoisotopic (exact) mass is 1350 g/mol. The van der Waals surface area contributed by atoms with Crippen molar-refractivity contribution in [3.63, 3.8) is 0 Å². The van der Waals surface area contributed by atoms with E-state index in [2.05, 4.69) is 0 Å². The van der Waals surface area contributed by atoms with Crippen LogP contribution in [0.4, 0.5) is 0 Å². The van der Waals surface area contributed by atoms with Crippen molar-refractivity contribution < 1.29 is 214 Å². The lowest BCUT2D eigenvalue weighted by Gasteiger charge is -2.51. The van der Waals surface area contributed by atoms with Gasteiger partial charge in [-0.25, -0.2) is 0 Å². The lowest BCUT2D eigenvalue weighted by Crippen LogP contribution is -2.72. The summed E-state index contributed by atoms with van der Waals surface area (Å²) in [6.07, 6.45) is -77.1. The van der Waals surface area contributed by atoms with Crippen LogP contribution in [0.15, 0.2) is 0 Å². The van der Waals surface area contributed by atoms with Gasteiger partial charge in [0.05, 0.1) is 52.9 Å². The maximum Gasteiger partial charge on any atom is 0.247 e. The van der Waals surface area contributed by atoms with Gasteiger partial charge in [0.25, 0.3) is 0 Å². The third-order valence-corrected chi connectivity index (χ3v) is 17.0. The molecule has 0 aliphatic carbocycles. The molecule has 2 unspecified atom stereocenters. The van der Waals surface area contributed by atoms with E-state index >= 15 is 0 Å². The van der Waals surface area contributed by atoms with Crippen molar-refractivity contribution in [2.75, 3.05) is 66.1 Å². The molecular formula is C48H82O43. The van der Waals surface area contributed by atoms with E-state index in [0.29, 0.717) is 0 Å². The molecule has 0 aromatic rings. The van der Waals surface area contributed by atoms with E-state index in [1.807, 2.05) is 0 Å². The standard InChI is InChI=1S/C48H82O43/c49-1-14-19(57)24(62)28(66)39(82-14)86-32-11(54)5-78-46(36(32)71,79-8-18-22(60)27(65)31(69)42(85-18)91-45(9-53)35(70)23(61)17(4-52)90-45)10-77-44(48(76)38(73)34(13(56)7-81-48)88-41-30(68)26(64)21(59)16(3-51)84-41)89-43(74)47(75)37(72)33(12(55)6-80-47)87-40-29(67)25(63)20(58)15(2-50)83-40/h11-44,49-76H,1-10H2/t11-,12-,13-,14-,15-,16-,17-,18-,19-,20+,21-,22-,23-,24+,25+,26+,27+,28-,29-,30-,31-,32-,33-,34-,35+,36+,37+,38+,39+,40+,41+,42-,43?,44?,45+,46-,47-,48-/m1/s1. The first-order valence-corrected chi connectivity index (χ1v) is 28.3. The Kier molecular flexibility index (Phi) is 24.9. The Balaban J connectivity index is 1.16. The topological polar surface area (TPSA) is 705 Å². The summed E-state index contributed by atoms with van der Waals surface area (Å²) in [5.74, 6) is -13.6. The highest BCUT2D eigenvalue weighted by molar-refractivity contribution is 5.04. The molecular weight excluding hydrogens is 1260 g/mol. The number of hydrogen-bond donors (Lipinski definition) is 28. The Labute approximate surface area is 511 Å². The first-order valence-electron chi connectivity index (χ1n) is 28.3. The van der Waals surface area contributed by atoms with Crippen molar-refractivity contribution in [1.82, 2.24) is 0 Å². The Morgan fingerprint density at radius 3 is 1.18 bits per heavy atom. The van der Waals surface area contributed by atoms with Crippen LogP contribution in [0, 0.1) is 0 Å². The molecule has 0 saturated carbocycles. The van der Waals surface area contributed by atoms with Crippen LogP contribution >= 0.6 is 0 Å². The molecule has 0 radical (unpaired) electrons. The van der Waals surface area contributed by atoms with Gasteiger partial charge in [-0.05, 0) is 0 Å². The van der Waals surface area contributed by atoms with Gasteiger partial charge >= 0.3 is 0 Å². The van der Waals surface area contributed by atoms with Gasteiger partial charge in [-0.2, -0.15) is 0 Å². The number of aliphatic hydroxyl groups excluding tert-OH is 26. The second-order valence-electron chi connectivity index (χ2n) is 23.0. The zero-order chi connectivity index (χ0) is 67.3. The molecule has 43 nitrogen and oxygen atoms in total. The summed E-state index contributed by atoms with van der Waals surface area (Å²) in [5, 5.41) is 305. The fourth-order valence-electron chi connectivity index (χ4n) is 11.3. The lowest BCUT2D eigenvalue weighted by molar-refractivity contribution is -0.467. The van der Waals surface area contributed by atoms with Crippen molar-refractivity contribution in [1.29, 1.82) is 0 Å². The van der Waals surface area contributed by atoms with Crippen LogP contribution in [0.25, 0.3) is 0 Å². The molecule has 8 aliphatic rings. The molecule has 0 aromatic heterocycles. The largest absolute Gasteiger partial charge is 0.394 e. The predicted octanol–water partition coefficient (Wildman–Crippen LogP) is -19.8. The van der Waals surface area contributed by atoms with Gasteiger partial charge in [-0.1, -0.05) is 0 Å². The highest BCUT2D eigenvalue weighted by Crippen LogP contribution is 2.42. The number of hydrogen-bond acceptors (Lipinski definition) is 43. The second kappa shape index (κ2) is 30.2. The van der Waals surface area contributed by atoms with Gasteiger partial charge in [0, 0.05) is 0 Å². The average molecular weight is 1350 g/mol. The van der Waals surface area contributed by atoms with Gasteiger partial charge in [-0.15, -0.1) is 0 Å². The molecule has 43 heteroatoms. The normalized spacial score (nSPS) is 53.3. The van der Waals surface area contributed by atoms with E-state index in [1.165, 1.54) is 0 Å². The molecule has 0 bridgehead atoms. The van der Waals surface area contributed by atoms with Crippen LogP contribution in [0.3, 0.4) is 0 Å². The van der Waals surface area contributed by atoms with Crippen LogP contribution in [0.1, 0.15) is 0 Å². The van der Waals surface area contributed by atoms with Crippen molar-refractivity contribution in [2.45, 2.75) is 232 Å². The zero-order valence-electron chi connectivity index (χ0n) is 47.3. The number of aliphatic hydroxyl groups is 28. The summed E-state index contributed by atoms with van der Waals surface area (Å²) in [7, 11) is 0. The van der Waals surface area contributed by atoms with Crippen LogP contribution < -0.4 is 0 Å². The van der Waals surface area contributed by atoms with E-state index in [9.17, 15) is 143 Å². The Hall–Kier alpha value is -1.72. The molecule has 8 rings (SSSR count). The maximum atomic E-state index is 12.6. The maximum absolute atomic E-state index is 12.6. The fraction of sp³-hybridized carbons (Fsp3) is 1.00. The number of ether oxygens (including phenoxy) is 15. The SMILES string of the molecule is OC[C@H]1O[C@@H](O[C@@H]2[C@H](O)CO[C@@](O)(C(O)OC(OC[C@]3(OC[C@H]4O[C@H](O[C@]5(CO)O[C@H](CO)[C@@H](O)[C@@H]5O)[C@H](O)[C@@H](O)[C@@H]4O)OC[C@@H](O)[C@@H](O[C@@H]4O[C@H](CO)[C@@H](O)[C@H](O)[C@H]4O)[C@@H]3O)[C@]3(O)OC[C@@H](O)[C@@H](O[C@@H]4O[C@H](CO)[C@@H](O)[C@H](O)[C@H]4O)[C@@H]3O)[C@H]2O)[C@H](O)[C@@H](O)[C@H]1O. The molecule has 8 aliphatic heterocycles. The minimum Gasteiger partial charge on any atom is -0.394 e. The van der Waals surface area contributed by atoms with Crippen molar-refractivity contribution in [3.8, 4) is 0 Å². The van der Waals surface area contributed by atoms with Gasteiger partial charge in [0.15, 0.2) is 25.2 Å². The molecule has 8 fully saturated rings. The number of rotatable bonds is 23. The van der Waals surface area contributed by atoms with Crippen LogP contribution in [-0.4, -0.2) is 441 Å². The molecule has 8 heterocycles. The summed E-state index contributed by atoms with van der Waals surface area (Å²) >= 11 is 0.